The predicted molar refractivity (Wildman–Crippen MR) is 84.5 cm³/mol. The fourth-order valence-electron chi connectivity index (χ4n) is 2.43. The summed E-state index contributed by atoms with van der Waals surface area (Å²) in [5, 5.41) is 0. The van der Waals surface area contributed by atoms with Crippen molar-refractivity contribution in [2.45, 2.75) is 33.1 Å². The SMILES string of the molecule is Cc1cc(Oc2cccc(CCN)c2)ccc1C(C)C. The van der Waals surface area contributed by atoms with Crippen LogP contribution in [0.5, 0.6) is 11.5 Å². The third kappa shape index (κ3) is 3.61. The standard InChI is InChI=1S/C18H23NO/c1-13(2)18-8-7-17(11-14(18)3)20-16-6-4-5-15(12-16)9-10-19/h4-8,11-13H,9-10,19H2,1-3H3. The fourth-order valence-corrected chi connectivity index (χ4v) is 2.43. The topological polar surface area (TPSA) is 35.2 Å². The van der Waals surface area contributed by atoms with Gasteiger partial charge in [0.15, 0.2) is 0 Å². The van der Waals surface area contributed by atoms with Crippen molar-refractivity contribution in [1.82, 2.24) is 0 Å². The molecule has 0 aliphatic carbocycles. The van der Waals surface area contributed by atoms with Crippen LogP contribution in [0.2, 0.25) is 0 Å². The highest BCUT2D eigenvalue weighted by Crippen LogP contribution is 2.27. The molecule has 0 aliphatic rings. The van der Waals surface area contributed by atoms with E-state index in [-0.39, 0.29) is 0 Å². The molecular weight excluding hydrogens is 246 g/mol. The summed E-state index contributed by atoms with van der Waals surface area (Å²) in [5.74, 6) is 2.29. The molecular formula is C18H23NO. The van der Waals surface area contributed by atoms with Crippen molar-refractivity contribution in [2.75, 3.05) is 6.54 Å². The molecule has 2 N–H and O–H groups in total. The van der Waals surface area contributed by atoms with Gasteiger partial charge in [0, 0.05) is 0 Å². The lowest BCUT2D eigenvalue weighted by Gasteiger charge is -2.12. The number of ether oxygens (including phenoxy) is 1. The van der Waals surface area contributed by atoms with E-state index < -0.39 is 0 Å². The Bertz CT molecular complexity index is 575. The molecule has 0 saturated carbocycles. The van der Waals surface area contributed by atoms with Crippen LogP contribution < -0.4 is 10.5 Å². The maximum absolute atomic E-state index is 5.94. The van der Waals surface area contributed by atoms with E-state index in [9.17, 15) is 0 Å². The first kappa shape index (κ1) is 14.6. The Labute approximate surface area is 121 Å². The van der Waals surface area contributed by atoms with Crippen LogP contribution in [0.1, 0.15) is 36.5 Å². The van der Waals surface area contributed by atoms with E-state index in [1.54, 1.807) is 0 Å². The molecule has 0 spiro atoms. The van der Waals surface area contributed by atoms with E-state index in [1.165, 1.54) is 16.7 Å². The van der Waals surface area contributed by atoms with Gasteiger partial charge >= 0.3 is 0 Å². The van der Waals surface area contributed by atoms with Crippen molar-refractivity contribution in [2.24, 2.45) is 5.73 Å². The molecule has 106 valence electrons. The van der Waals surface area contributed by atoms with Gasteiger partial charge in [0.25, 0.3) is 0 Å². The average molecular weight is 269 g/mol. The van der Waals surface area contributed by atoms with Gasteiger partial charge in [0.05, 0.1) is 0 Å². The van der Waals surface area contributed by atoms with Crippen molar-refractivity contribution in [3.8, 4) is 11.5 Å². The molecule has 2 rings (SSSR count). The van der Waals surface area contributed by atoms with E-state index in [0.29, 0.717) is 12.5 Å². The Morgan fingerprint density at radius 2 is 1.80 bits per heavy atom. The molecule has 0 aromatic heterocycles. The zero-order chi connectivity index (χ0) is 14.5. The van der Waals surface area contributed by atoms with E-state index in [2.05, 4.69) is 45.0 Å². The van der Waals surface area contributed by atoms with Crippen molar-refractivity contribution < 1.29 is 4.74 Å². The minimum atomic E-state index is 0.539. The number of hydrogen-bond acceptors (Lipinski definition) is 2. The average Bonchev–Trinajstić information content (AvgIpc) is 2.39. The number of aryl methyl sites for hydroxylation is 1. The monoisotopic (exact) mass is 269 g/mol. The summed E-state index contributed by atoms with van der Waals surface area (Å²) in [6.45, 7) is 7.21. The third-order valence-electron chi connectivity index (χ3n) is 3.43. The first-order valence-electron chi connectivity index (χ1n) is 7.17. The quantitative estimate of drug-likeness (QED) is 0.872. The van der Waals surface area contributed by atoms with Crippen LogP contribution in [0.25, 0.3) is 0 Å². The second-order valence-electron chi connectivity index (χ2n) is 5.46. The molecule has 0 fully saturated rings. The van der Waals surface area contributed by atoms with Crippen LogP contribution in [0, 0.1) is 6.92 Å². The van der Waals surface area contributed by atoms with Crippen molar-refractivity contribution in [1.29, 1.82) is 0 Å². The lowest BCUT2D eigenvalue weighted by molar-refractivity contribution is 0.481. The highest BCUT2D eigenvalue weighted by Gasteiger charge is 2.05. The molecule has 0 bridgehead atoms. The molecule has 2 heteroatoms. The highest BCUT2D eigenvalue weighted by molar-refractivity contribution is 5.39. The van der Waals surface area contributed by atoms with E-state index in [0.717, 1.165) is 17.9 Å². The lowest BCUT2D eigenvalue weighted by atomic mass is 9.98. The van der Waals surface area contributed by atoms with E-state index >= 15 is 0 Å². The molecule has 0 atom stereocenters. The lowest BCUT2D eigenvalue weighted by Crippen LogP contribution is -2.02. The Morgan fingerprint density at radius 1 is 1.05 bits per heavy atom. The Morgan fingerprint density at radius 3 is 2.45 bits per heavy atom. The largest absolute Gasteiger partial charge is 0.457 e. The zero-order valence-electron chi connectivity index (χ0n) is 12.5. The van der Waals surface area contributed by atoms with Gasteiger partial charge in [0.1, 0.15) is 11.5 Å². The van der Waals surface area contributed by atoms with Gasteiger partial charge in [-0.2, -0.15) is 0 Å². The second kappa shape index (κ2) is 6.58. The first-order chi connectivity index (χ1) is 9.60. The number of rotatable bonds is 5. The maximum Gasteiger partial charge on any atom is 0.127 e. The van der Waals surface area contributed by atoms with Gasteiger partial charge in [-0.05, 0) is 66.8 Å². The summed E-state index contributed by atoms with van der Waals surface area (Å²) in [7, 11) is 0. The number of hydrogen-bond donors (Lipinski definition) is 1. The normalized spacial score (nSPS) is 10.8. The summed E-state index contributed by atoms with van der Waals surface area (Å²) in [6.07, 6.45) is 0.877. The highest BCUT2D eigenvalue weighted by atomic mass is 16.5. The van der Waals surface area contributed by atoms with Gasteiger partial charge in [-0.25, -0.2) is 0 Å². The summed E-state index contributed by atoms with van der Waals surface area (Å²) in [6, 6.07) is 14.4. The van der Waals surface area contributed by atoms with Crippen LogP contribution in [0.15, 0.2) is 42.5 Å². The molecule has 0 heterocycles. The maximum atomic E-state index is 5.94. The molecule has 0 aliphatic heterocycles. The fraction of sp³-hybridized carbons (Fsp3) is 0.333. The predicted octanol–water partition coefficient (Wildman–Crippen LogP) is 4.41. The van der Waals surface area contributed by atoms with Crippen LogP contribution in [0.3, 0.4) is 0 Å². The van der Waals surface area contributed by atoms with Crippen molar-refractivity contribution in [3.63, 3.8) is 0 Å². The van der Waals surface area contributed by atoms with Crippen LogP contribution in [0.4, 0.5) is 0 Å². The van der Waals surface area contributed by atoms with Gasteiger partial charge in [-0.3, -0.25) is 0 Å². The van der Waals surface area contributed by atoms with E-state index in [4.69, 9.17) is 10.5 Å². The van der Waals surface area contributed by atoms with Crippen LogP contribution in [-0.2, 0) is 6.42 Å². The molecule has 2 aromatic carbocycles. The minimum Gasteiger partial charge on any atom is -0.457 e. The molecule has 0 saturated heterocycles. The molecule has 0 amide bonds. The Kier molecular flexibility index (Phi) is 4.80. The van der Waals surface area contributed by atoms with Crippen molar-refractivity contribution in [3.05, 3.63) is 59.2 Å². The number of nitrogens with two attached hydrogens (primary N) is 1. The second-order valence-corrected chi connectivity index (χ2v) is 5.46. The summed E-state index contributed by atoms with van der Waals surface area (Å²) < 4.78 is 5.94. The Hall–Kier alpha value is -1.80. The molecule has 2 nitrogen and oxygen atoms in total. The first-order valence-corrected chi connectivity index (χ1v) is 7.17. The van der Waals surface area contributed by atoms with Gasteiger partial charge in [0.2, 0.25) is 0 Å². The summed E-state index contributed by atoms with van der Waals surface area (Å²) >= 11 is 0. The van der Waals surface area contributed by atoms with Gasteiger partial charge in [-0.15, -0.1) is 0 Å². The molecule has 0 radical (unpaired) electrons. The van der Waals surface area contributed by atoms with Gasteiger partial charge in [-0.1, -0.05) is 32.0 Å². The van der Waals surface area contributed by atoms with Gasteiger partial charge < -0.3 is 10.5 Å². The van der Waals surface area contributed by atoms with Crippen molar-refractivity contribution >= 4 is 0 Å². The molecule has 0 unspecified atom stereocenters. The van der Waals surface area contributed by atoms with Crippen LogP contribution in [-0.4, -0.2) is 6.54 Å². The summed E-state index contributed by atoms with van der Waals surface area (Å²) in [4.78, 5) is 0. The molecule has 2 aromatic rings. The zero-order valence-corrected chi connectivity index (χ0v) is 12.5. The third-order valence-corrected chi connectivity index (χ3v) is 3.43. The molecule has 20 heavy (non-hydrogen) atoms. The summed E-state index contributed by atoms with van der Waals surface area (Å²) in [5.41, 5.74) is 9.44. The van der Waals surface area contributed by atoms with E-state index in [1.807, 2.05) is 18.2 Å². The number of benzene rings is 2. The minimum absolute atomic E-state index is 0.539. The smallest absolute Gasteiger partial charge is 0.127 e. The van der Waals surface area contributed by atoms with Crippen LogP contribution >= 0.6 is 0 Å². The Balaban J connectivity index is 2.17.